The lowest BCUT2D eigenvalue weighted by molar-refractivity contribution is -0.0528. The molecule has 182 valence electrons. The van der Waals surface area contributed by atoms with Crippen molar-refractivity contribution >= 4 is 29.3 Å². The number of hydrogen-bond acceptors (Lipinski definition) is 6. The number of hydrogen-bond donors (Lipinski definition) is 2. The molecule has 9 heteroatoms. The lowest BCUT2D eigenvalue weighted by Crippen LogP contribution is -2.54. The average Bonchev–Trinajstić information content (AvgIpc) is 2.77. The molecule has 0 saturated heterocycles. The van der Waals surface area contributed by atoms with Crippen molar-refractivity contribution < 1.29 is 29.2 Å². The normalized spacial score (nSPS) is 13.2. The minimum absolute atomic E-state index is 0.0649. The van der Waals surface area contributed by atoms with Crippen LogP contribution in [0.25, 0.3) is 0 Å². The largest absolute Gasteiger partial charge is 0.497 e. The topological polar surface area (TPSA) is 88.5 Å². The summed E-state index contributed by atoms with van der Waals surface area (Å²) in [7, 11) is 1.57. The van der Waals surface area contributed by atoms with Crippen LogP contribution in [0.4, 0.5) is 4.79 Å². The van der Waals surface area contributed by atoms with E-state index in [0.717, 1.165) is 0 Å². The Balaban J connectivity index is 2.36. The molecule has 0 aliphatic rings. The maximum Gasteiger partial charge on any atom is 0.410 e. The summed E-state index contributed by atoms with van der Waals surface area (Å²) in [6.07, 6.45) is -0.291. The molecule has 1 unspecified atom stereocenters. The number of rotatable bonds is 10. The smallest absolute Gasteiger partial charge is 0.410 e. The number of carbonyl (C=O) groups is 1. The van der Waals surface area contributed by atoms with Gasteiger partial charge in [0.05, 0.1) is 30.3 Å². The van der Waals surface area contributed by atoms with Gasteiger partial charge in [0, 0.05) is 18.6 Å². The zero-order valence-corrected chi connectivity index (χ0v) is 20.8. The van der Waals surface area contributed by atoms with E-state index < -0.39 is 17.2 Å². The Labute approximate surface area is 204 Å². The van der Waals surface area contributed by atoms with Crippen LogP contribution < -0.4 is 9.47 Å². The van der Waals surface area contributed by atoms with Crippen LogP contribution in [-0.4, -0.2) is 60.2 Å². The highest BCUT2D eigenvalue weighted by Gasteiger charge is 2.39. The van der Waals surface area contributed by atoms with E-state index in [0.29, 0.717) is 28.5 Å². The number of amides is 1. The molecule has 2 aromatic carbocycles. The van der Waals surface area contributed by atoms with E-state index in [4.69, 9.17) is 42.5 Å². The van der Waals surface area contributed by atoms with Crippen LogP contribution in [0.3, 0.4) is 0 Å². The minimum Gasteiger partial charge on any atom is -0.497 e. The molecule has 0 heterocycles. The van der Waals surface area contributed by atoms with Gasteiger partial charge in [-0.2, -0.15) is 0 Å². The molecule has 0 fully saturated rings. The molecule has 0 aromatic heterocycles. The lowest BCUT2D eigenvalue weighted by Gasteiger charge is -2.41. The summed E-state index contributed by atoms with van der Waals surface area (Å²) in [5, 5.41) is 21.4. The zero-order valence-electron chi connectivity index (χ0n) is 19.3. The summed E-state index contributed by atoms with van der Waals surface area (Å²) < 4.78 is 16.4. The summed E-state index contributed by atoms with van der Waals surface area (Å²) >= 11 is 12.3. The van der Waals surface area contributed by atoms with Gasteiger partial charge in [0.1, 0.15) is 23.7 Å². The van der Waals surface area contributed by atoms with Gasteiger partial charge >= 0.3 is 6.09 Å². The van der Waals surface area contributed by atoms with Crippen LogP contribution in [-0.2, 0) is 10.3 Å². The van der Waals surface area contributed by atoms with Crippen LogP contribution in [0.2, 0.25) is 10.0 Å². The molecule has 2 aromatic rings. The third-order valence-electron chi connectivity index (χ3n) is 4.97. The van der Waals surface area contributed by atoms with E-state index in [1.165, 1.54) is 4.90 Å². The Morgan fingerprint density at radius 2 is 1.67 bits per heavy atom. The van der Waals surface area contributed by atoms with Crippen molar-refractivity contribution in [3.63, 3.8) is 0 Å². The number of halogens is 2. The van der Waals surface area contributed by atoms with Gasteiger partial charge in [-0.05, 0) is 62.7 Å². The molecule has 33 heavy (non-hydrogen) atoms. The quantitative estimate of drug-likeness (QED) is 0.452. The lowest BCUT2D eigenvalue weighted by atomic mass is 9.92. The molecule has 2 N–H and O–H groups in total. The number of aliphatic hydroxyl groups is 2. The summed E-state index contributed by atoms with van der Waals surface area (Å²) in [5.74, 6) is 1.19. The summed E-state index contributed by atoms with van der Waals surface area (Å²) in [5.41, 5.74) is -1.89. The maximum atomic E-state index is 12.8. The third-order valence-corrected chi connectivity index (χ3v) is 5.71. The van der Waals surface area contributed by atoms with Crippen molar-refractivity contribution in [2.75, 3.05) is 33.5 Å². The first kappa shape index (κ1) is 27.1. The van der Waals surface area contributed by atoms with Crippen molar-refractivity contribution in [2.24, 2.45) is 0 Å². The average molecular weight is 500 g/mol. The zero-order chi connectivity index (χ0) is 24.6. The SMILES string of the molecule is COc1ccc(OCC(O)(CN(C(=O)OCCCO)C(C)(C)C)c2ccc(Cl)c(Cl)c2)cc1. The standard InChI is InChI=1S/C24H31Cl2NO6/c1-23(2,3)27(22(29)32-13-5-12-28)15-24(30,17-6-11-20(25)21(26)14-17)16-33-19-9-7-18(31-4)8-10-19/h6-11,14,28,30H,5,12-13,15-16H2,1-4H3. The van der Waals surface area contributed by atoms with E-state index >= 15 is 0 Å². The monoisotopic (exact) mass is 499 g/mol. The fourth-order valence-electron chi connectivity index (χ4n) is 3.02. The molecular formula is C24H31Cl2NO6. The van der Waals surface area contributed by atoms with Gasteiger partial charge in [0.25, 0.3) is 0 Å². The number of ether oxygens (including phenoxy) is 3. The number of carbonyl (C=O) groups excluding carboxylic acids is 1. The third kappa shape index (κ3) is 7.67. The molecule has 0 aliphatic heterocycles. The number of benzene rings is 2. The predicted octanol–water partition coefficient (Wildman–Crippen LogP) is 4.89. The summed E-state index contributed by atoms with van der Waals surface area (Å²) in [4.78, 5) is 14.3. The van der Waals surface area contributed by atoms with E-state index in [1.54, 1.807) is 49.6 Å². The molecule has 1 amide bonds. The minimum atomic E-state index is -1.64. The molecule has 0 radical (unpaired) electrons. The predicted molar refractivity (Wildman–Crippen MR) is 128 cm³/mol. The van der Waals surface area contributed by atoms with Crippen LogP contribution >= 0.6 is 23.2 Å². The van der Waals surface area contributed by atoms with Crippen LogP contribution in [0.5, 0.6) is 11.5 Å². The van der Waals surface area contributed by atoms with Crippen LogP contribution in [0.1, 0.15) is 32.8 Å². The van der Waals surface area contributed by atoms with Crippen molar-refractivity contribution in [3.05, 3.63) is 58.1 Å². The Kier molecular flexibility index (Phi) is 9.67. The molecule has 7 nitrogen and oxygen atoms in total. The first-order valence-corrected chi connectivity index (χ1v) is 11.3. The first-order valence-electron chi connectivity index (χ1n) is 10.5. The van der Waals surface area contributed by atoms with E-state index in [9.17, 15) is 9.90 Å². The van der Waals surface area contributed by atoms with Gasteiger partial charge in [-0.1, -0.05) is 29.3 Å². The van der Waals surface area contributed by atoms with Gasteiger partial charge < -0.3 is 29.3 Å². The molecule has 0 spiro atoms. The highest BCUT2D eigenvalue weighted by atomic mass is 35.5. The number of methoxy groups -OCH3 is 1. The van der Waals surface area contributed by atoms with Crippen molar-refractivity contribution in [1.29, 1.82) is 0 Å². The highest BCUT2D eigenvalue weighted by molar-refractivity contribution is 6.42. The molecule has 0 aliphatic carbocycles. The van der Waals surface area contributed by atoms with Gasteiger partial charge in [-0.3, -0.25) is 0 Å². The molecule has 0 saturated carbocycles. The van der Waals surface area contributed by atoms with E-state index in [1.807, 2.05) is 20.8 Å². The van der Waals surface area contributed by atoms with E-state index in [-0.39, 0.29) is 31.4 Å². The van der Waals surface area contributed by atoms with Crippen LogP contribution in [0.15, 0.2) is 42.5 Å². The van der Waals surface area contributed by atoms with Gasteiger partial charge in [0.15, 0.2) is 0 Å². The van der Waals surface area contributed by atoms with Crippen LogP contribution in [0, 0.1) is 0 Å². The fourth-order valence-corrected chi connectivity index (χ4v) is 3.32. The molecular weight excluding hydrogens is 469 g/mol. The Bertz CT molecular complexity index is 916. The first-order chi connectivity index (χ1) is 15.5. The van der Waals surface area contributed by atoms with Crippen molar-refractivity contribution in [3.8, 4) is 11.5 Å². The fraction of sp³-hybridized carbons (Fsp3) is 0.458. The second-order valence-corrected chi connectivity index (χ2v) is 9.39. The Morgan fingerprint density at radius 3 is 2.21 bits per heavy atom. The van der Waals surface area contributed by atoms with Crippen molar-refractivity contribution in [1.82, 2.24) is 4.90 Å². The number of aliphatic hydroxyl groups excluding tert-OH is 1. The molecule has 1 atom stereocenters. The Hall–Kier alpha value is -2.19. The summed E-state index contributed by atoms with van der Waals surface area (Å²) in [6.45, 7) is 5.16. The van der Waals surface area contributed by atoms with Crippen molar-refractivity contribution in [2.45, 2.75) is 38.3 Å². The van der Waals surface area contributed by atoms with Gasteiger partial charge in [0.2, 0.25) is 0 Å². The second-order valence-electron chi connectivity index (χ2n) is 8.57. The van der Waals surface area contributed by atoms with Gasteiger partial charge in [-0.15, -0.1) is 0 Å². The van der Waals surface area contributed by atoms with Gasteiger partial charge in [-0.25, -0.2) is 4.79 Å². The molecule has 2 rings (SSSR count). The summed E-state index contributed by atoms with van der Waals surface area (Å²) in [6, 6.07) is 11.7. The number of nitrogens with zero attached hydrogens (tertiary/aromatic N) is 1. The maximum absolute atomic E-state index is 12.8. The van der Waals surface area contributed by atoms with E-state index in [2.05, 4.69) is 0 Å². The molecule has 0 bridgehead atoms. The Morgan fingerprint density at radius 1 is 1.03 bits per heavy atom. The second kappa shape index (κ2) is 11.8. The number of β-amino-alcohol motifs (C(OH)–C–C–N with tert-alkyl or cyclic N) is 1. The highest BCUT2D eigenvalue weighted by Crippen LogP contribution is 2.32.